The maximum atomic E-state index is 9.16. The van der Waals surface area contributed by atoms with Crippen LogP contribution in [0.25, 0.3) is 11.1 Å². The minimum Gasteiger partial charge on any atom is -0.198 e. The molecule has 1 nitrogen and oxygen atoms in total. The lowest BCUT2D eigenvalue weighted by Crippen LogP contribution is -1.90. The Morgan fingerprint density at radius 2 is 1.89 bits per heavy atom. The van der Waals surface area contributed by atoms with Crippen LogP contribution in [0.4, 0.5) is 0 Å². The predicted molar refractivity (Wildman–Crippen MR) is 73.3 cm³/mol. The summed E-state index contributed by atoms with van der Waals surface area (Å²) >= 11 is 0. The van der Waals surface area contributed by atoms with Crippen molar-refractivity contribution >= 4 is 0 Å². The summed E-state index contributed by atoms with van der Waals surface area (Å²) in [6, 6.07) is 17.4. The molecule has 1 heteroatoms. The van der Waals surface area contributed by atoms with Crippen LogP contribution in [-0.4, -0.2) is 0 Å². The summed E-state index contributed by atoms with van der Waals surface area (Å²) in [5.41, 5.74) is 6.44. The second-order valence-electron chi connectivity index (χ2n) is 4.96. The van der Waals surface area contributed by atoms with Gasteiger partial charge in [0.1, 0.15) is 0 Å². The van der Waals surface area contributed by atoms with Gasteiger partial charge in [0.2, 0.25) is 0 Å². The van der Waals surface area contributed by atoms with Crippen LogP contribution in [0.1, 0.15) is 29.0 Å². The smallest absolute Gasteiger partial charge is 0.0718 e. The molecule has 3 rings (SSSR count). The Labute approximate surface area is 108 Å². The van der Waals surface area contributed by atoms with Crippen LogP contribution in [0, 0.1) is 18.3 Å². The Balaban J connectivity index is 2.12. The van der Waals surface area contributed by atoms with E-state index in [2.05, 4.69) is 55.5 Å². The first-order chi connectivity index (χ1) is 8.79. The molecular formula is C17H15N. The fourth-order valence-electron chi connectivity index (χ4n) is 2.79. The summed E-state index contributed by atoms with van der Waals surface area (Å²) < 4.78 is 0. The molecule has 0 bridgehead atoms. The van der Waals surface area contributed by atoms with Crippen molar-refractivity contribution in [3.8, 4) is 17.2 Å². The lowest BCUT2D eigenvalue weighted by atomic mass is 9.95. The van der Waals surface area contributed by atoms with Gasteiger partial charge in [-0.25, -0.2) is 0 Å². The zero-order chi connectivity index (χ0) is 12.5. The number of aryl methyl sites for hydroxylation is 1. The summed E-state index contributed by atoms with van der Waals surface area (Å²) in [4.78, 5) is 0. The van der Waals surface area contributed by atoms with Gasteiger partial charge in [-0.15, -0.1) is 0 Å². The number of nitrogens with zero attached hydrogens (tertiary/aromatic N) is 1. The highest BCUT2D eigenvalue weighted by Gasteiger charge is 2.24. The second kappa shape index (κ2) is 4.31. The van der Waals surface area contributed by atoms with Crippen LogP contribution >= 0.6 is 0 Å². The molecule has 0 heterocycles. The van der Waals surface area contributed by atoms with Crippen molar-refractivity contribution in [1.29, 1.82) is 5.26 Å². The Kier molecular flexibility index (Phi) is 2.64. The summed E-state index contributed by atoms with van der Waals surface area (Å²) in [5, 5.41) is 9.16. The highest BCUT2D eigenvalue weighted by Crippen LogP contribution is 2.38. The number of nitriles is 1. The number of rotatable bonds is 1. The summed E-state index contributed by atoms with van der Waals surface area (Å²) in [6.45, 7) is 2.10. The van der Waals surface area contributed by atoms with Gasteiger partial charge < -0.3 is 0 Å². The first-order valence-corrected chi connectivity index (χ1v) is 6.38. The highest BCUT2D eigenvalue weighted by atomic mass is 14.3. The van der Waals surface area contributed by atoms with E-state index in [-0.39, 0.29) is 5.92 Å². The lowest BCUT2D eigenvalue weighted by molar-refractivity contribution is 0.826. The number of hydrogen-bond acceptors (Lipinski definition) is 1. The molecule has 0 radical (unpaired) electrons. The fourth-order valence-corrected chi connectivity index (χ4v) is 2.79. The van der Waals surface area contributed by atoms with Gasteiger partial charge in [0.25, 0.3) is 0 Å². The van der Waals surface area contributed by atoms with Crippen LogP contribution in [0.15, 0.2) is 42.5 Å². The molecule has 1 aliphatic rings. The number of fused-ring (bicyclic) bond motifs is 1. The third-order valence-corrected chi connectivity index (χ3v) is 3.79. The maximum Gasteiger partial charge on any atom is 0.0718 e. The van der Waals surface area contributed by atoms with Crippen LogP contribution < -0.4 is 0 Å². The van der Waals surface area contributed by atoms with E-state index in [0.717, 1.165) is 12.8 Å². The van der Waals surface area contributed by atoms with Gasteiger partial charge in [0, 0.05) is 0 Å². The quantitative estimate of drug-likeness (QED) is 0.723. The molecular weight excluding hydrogens is 218 g/mol. The Hall–Kier alpha value is -2.07. The Morgan fingerprint density at radius 3 is 2.61 bits per heavy atom. The molecule has 0 saturated heterocycles. The van der Waals surface area contributed by atoms with Crippen LogP contribution in [0.3, 0.4) is 0 Å². The molecule has 0 amide bonds. The molecule has 1 atom stereocenters. The molecule has 0 aliphatic heterocycles. The van der Waals surface area contributed by atoms with E-state index in [9.17, 15) is 0 Å². The molecule has 0 saturated carbocycles. The molecule has 0 aromatic heterocycles. The topological polar surface area (TPSA) is 23.8 Å². The van der Waals surface area contributed by atoms with Crippen molar-refractivity contribution in [3.63, 3.8) is 0 Å². The van der Waals surface area contributed by atoms with Crippen molar-refractivity contribution in [2.45, 2.75) is 25.7 Å². The van der Waals surface area contributed by atoms with Gasteiger partial charge in [-0.3, -0.25) is 0 Å². The van der Waals surface area contributed by atoms with E-state index in [0.29, 0.717) is 0 Å². The van der Waals surface area contributed by atoms with Gasteiger partial charge >= 0.3 is 0 Å². The van der Waals surface area contributed by atoms with E-state index in [1.807, 2.05) is 0 Å². The second-order valence-corrected chi connectivity index (χ2v) is 4.96. The largest absolute Gasteiger partial charge is 0.198 e. The average Bonchev–Trinajstić information content (AvgIpc) is 2.82. The molecule has 2 aromatic rings. The maximum absolute atomic E-state index is 9.16. The van der Waals surface area contributed by atoms with Gasteiger partial charge in [-0.1, -0.05) is 48.0 Å². The zero-order valence-electron chi connectivity index (χ0n) is 10.5. The Bertz CT molecular complexity index is 617. The van der Waals surface area contributed by atoms with E-state index in [1.54, 1.807) is 0 Å². The zero-order valence-corrected chi connectivity index (χ0v) is 10.5. The van der Waals surface area contributed by atoms with Crippen molar-refractivity contribution in [2.24, 2.45) is 0 Å². The molecule has 88 valence electrons. The number of hydrogen-bond donors (Lipinski definition) is 0. The average molecular weight is 233 g/mol. The first-order valence-electron chi connectivity index (χ1n) is 6.38. The van der Waals surface area contributed by atoms with E-state index >= 15 is 0 Å². The highest BCUT2D eigenvalue weighted by molar-refractivity contribution is 5.70. The molecule has 1 aliphatic carbocycles. The summed E-state index contributed by atoms with van der Waals surface area (Å²) in [6.07, 6.45) is 1.99. The normalized spacial score (nSPS) is 17.2. The molecule has 0 N–H and O–H groups in total. The van der Waals surface area contributed by atoms with Crippen molar-refractivity contribution < 1.29 is 0 Å². The van der Waals surface area contributed by atoms with Gasteiger partial charge in [0.15, 0.2) is 0 Å². The third-order valence-electron chi connectivity index (χ3n) is 3.79. The summed E-state index contributed by atoms with van der Waals surface area (Å²) in [7, 11) is 0. The molecule has 1 unspecified atom stereocenters. The predicted octanol–water partition coefficient (Wildman–Crippen LogP) is 4.22. The van der Waals surface area contributed by atoms with E-state index in [4.69, 9.17) is 5.26 Å². The van der Waals surface area contributed by atoms with Crippen LogP contribution in [0.2, 0.25) is 0 Å². The van der Waals surface area contributed by atoms with Crippen molar-refractivity contribution in [3.05, 3.63) is 59.2 Å². The van der Waals surface area contributed by atoms with Crippen molar-refractivity contribution in [2.75, 3.05) is 0 Å². The third kappa shape index (κ3) is 1.71. The van der Waals surface area contributed by atoms with Gasteiger partial charge in [0.05, 0.1) is 12.0 Å². The minimum absolute atomic E-state index is 0.0883. The SMILES string of the molecule is Cc1ccc(-c2cccc3c2CCC3C#N)cc1. The monoisotopic (exact) mass is 233 g/mol. The van der Waals surface area contributed by atoms with E-state index in [1.165, 1.54) is 27.8 Å². The van der Waals surface area contributed by atoms with Crippen molar-refractivity contribution in [1.82, 2.24) is 0 Å². The minimum atomic E-state index is 0.0883. The Morgan fingerprint density at radius 1 is 1.11 bits per heavy atom. The molecule has 18 heavy (non-hydrogen) atoms. The fraction of sp³-hybridized carbons (Fsp3) is 0.235. The lowest BCUT2D eigenvalue weighted by Gasteiger charge is -2.09. The van der Waals surface area contributed by atoms with Crippen LogP contribution in [0.5, 0.6) is 0 Å². The molecule has 0 fully saturated rings. The van der Waals surface area contributed by atoms with Gasteiger partial charge in [-0.05, 0) is 42.0 Å². The van der Waals surface area contributed by atoms with E-state index < -0.39 is 0 Å². The first kappa shape index (κ1) is 11.0. The molecule has 0 spiro atoms. The number of benzene rings is 2. The molecule has 2 aromatic carbocycles. The standard InChI is InChI=1S/C17H15N/c1-12-5-7-13(8-6-12)15-3-2-4-16-14(11-18)9-10-17(15)16/h2-8,14H,9-10H2,1H3. The van der Waals surface area contributed by atoms with Gasteiger partial charge in [-0.2, -0.15) is 5.26 Å². The summed E-state index contributed by atoms with van der Waals surface area (Å²) in [5.74, 6) is 0.0883. The van der Waals surface area contributed by atoms with Crippen LogP contribution in [-0.2, 0) is 6.42 Å².